The van der Waals surface area contributed by atoms with E-state index in [1.807, 2.05) is 25.2 Å². The van der Waals surface area contributed by atoms with E-state index < -0.39 is 52.7 Å². The molecule has 9 nitrogen and oxygen atoms in total. The molecule has 1 saturated heterocycles. The molecule has 1 saturated carbocycles. The largest absolute Gasteiger partial charge is 0.469 e. The van der Waals surface area contributed by atoms with Crippen LogP contribution in [0.25, 0.3) is 0 Å². The van der Waals surface area contributed by atoms with Crippen LogP contribution in [0.15, 0.2) is 36.0 Å². The fourth-order valence-corrected chi connectivity index (χ4v) is 4.37. The molecule has 0 amide bonds. The number of halogens is 1. The molecular weight excluding hydrogens is 480 g/mol. The molecule has 35 heavy (non-hydrogen) atoms. The van der Waals surface area contributed by atoms with E-state index in [4.69, 9.17) is 25.8 Å². The van der Waals surface area contributed by atoms with E-state index in [1.165, 1.54) is 27.0 Å². The first-order valence-corrected chi connectivity index (χ1v) is 11.9. The molecule has 10 heteroatoms. The summed E-state index contributed by atoms with van der Waals surface area (Å²) in [6.45, 7) is 4.38. The number of Topliss-reactive ketones (excluding diaryl/α,β-unsaturated/α-hetero) is 1. The van der Waals surface area contributed by atoms with Gasteiger partial charge in [0.25, 0.3) is 0 Å². The number of ketones is 1. The Bertz CT molecular complexity index is 909. The lowest BCUT2D eigenvalue weighted by Crippen LogP contribution is -2.39. The number of fused-ring (bicyclic) bond motifs is 1. The summed E-state index contributed by atoms with van der Waals surface area (Å²) < 4.78 is 20.7. The molecule has 2 fully saturated rings. The van der Waals surface area contributed by atoms with Crippen molar-refractivity contribution in [2.24, 2.45) is 0 Å². The van der Waals surface area contributed by atoms with Crippen LogP contribution in [-0.4, -0.2) is 64.9 Å². The van der Waals surface area contributed by atoms with Crippen LogP contribution in [0.3, 0.4) is 0 Å². The molecule has 1 aliphatic carbocycles. The SMILES string of the molecule is CC/C=C/C/C=C/C[C@]1(O)/C(=C/[C@H](OC(C)=O)[C@H](CCCC(=O)OC)OC(C)=O)C(=O)[C@]2(Cl)O[C@@H]21. The number of rotatable bonds is 13. The Morgan fingerprint density at radius 3 is 2.40 bits per heavy atom. The highest BCUT2D eigenvalue weighted by molar-refractivity contribution is 6.41. The van der Waals surface area contributed by atoms with Crippen molar-refractivity contribution in [2.45, 2.75) is 88.3 Å². The molecule has 0 aromatic rings. The Labute approximate surface area is 210 Å². The third-order valence-corrected chi connectivity index (χ3v) is 6.17. The molecule has 0 radical (unpaired) electrons. The van der Waals surface area contributed by atoms with E-state index in [0.717, 1.165) is 6.42 Å². The van der Waals surface area contributed by atoms with Gasteiger partial charge >= 0.3 is 17.9 Å². The van der Waals surface area contributed by atoms with Gasteiger partial charge in [-0.3, -0.25) is 19.2 Å². The number of epoxide rings is 1. The number of hydrogen-bond donors (Lipinski definition) is 1. The van der Waals surface area contributed by atoms with Gasteiger partial charge in [0.15, 0.2) is 6.10 Å². The van der Waals surface area contributed by atoms with Crippen molar-refractivity contribution >= 4 is 35.3 Å². The quantitative estimate of drug-likeness (QED) is 0.0987. The van der Waals surface area contributed by atoms with E-state index in [0.29, 0.717) is 6.42 Å². The minimum absolute atomic E-state index is 0.0387. The lowest BCUT2D eigenvalue weighted by Gasteiger charge is -2.28. The molecule has 194 valence electrons. The number of aliphatic hydroxyl groups is 1. The molecule has 5 atom stereocenters. The van der Waals surface area contributed by atoms with Gasteiger partial charge in [-0.1, -0.05) is 42.8 Å². The van der Waals surface area contributed by atoms with Gasteiger partial charge in [-0.25, -0.2) is 0 Å². The molecule has 1 heterocycles. The Kier molecular flexibility index (Phi) is 10.2. The molecule has 2 aliphatic rings. The fourth-order valence-electron chi connectivity index (χ4n) is 4.00. The molecule has 0 bridgehead atoms. The third kappa shape index (κ3) is 7.25. The zero-order chi connectivity index (χ0) is 26.2. The molecule has 2 rings (SSSR count). The third-order valence-electron chi connectivity index (χ3n) is 5.71. The predicted octanol–water partition coefficient (Wildman–Crippen LogP) is 3.07. The molecule has 1 N–H and O–H groups in total. The van der Waals surface area contributed by atoms with Crippen molar-refractivity contribution in [3.05, 3.63) is 36.0 Å². The monoisotopic (exact) mass is 512 g/mol. The van der Waals surface area contributed by atoms with Gasteiger partial charge in [0.1, 0.15) is 17.8 Å². The summed E-state index contributed by atoms with van der Waals surface area (Å²) in [6.07, 6.45) is 7.73. The lowest BCUT2D eigenvalue weighted by atomic mass is 9.89. The van der Waals surface area contributed by atoms with E-state index in [-0.39, 0.29) is 31.3 Å². The van der Waals surface area contributed by atoms with Gasteiger partial charge in [0.2, 0.25) is 10.8 Å². The molecule has 0 unspecified atom stereocenters. The van der Waals surface area contributed by atoms with Crippen molar-refractivity contribution in [3.63, 3.8) is 0 Å². The van der Waals surface area contributed by atoms with Gasteiger partial charge in [0, 0.05) is 32.3 Å². The summed E-state index contributed by atoms with van der Waals surface area (Å²) >= 11 is 6.29. The Morgan fingerprint density at radius 2 is 1.80 bits per heavy atom. The number of allylic oxidation sites excluding steroid dienone is 3. The highest BCUT2D eigenvalue weighted by Crippen LogP contribution is 2.59. The summed E-state index contributed by atoms with van der Waals surface area (Å²) in [6, 6.07) is 0. The summed E-state index contributed by atoms with van der Waals surface area (Å²) in [4.78, 5) is 48.1. The van der Waals surface area contributed by atoms with Crippen molar-refractivity contribution in [1.29, 1.82) is 0 Å². The van der Waals surface area contributed by atoms with Gasteiger partial charge in [-0.05, 0) is 31.8 Å². The van der Waals surface area contributed by atoms with Crippen molar-refractivity contribution in [2.75, 3.05) is 7.11 Å². The van der Waals surface area contributed by atoms with Crippen molar-refractivity contribution in [3.8, 4) is 0 Å². The number of alkyl halides is 1. The van der Waals surface area contributed by atoms with Crippen molar-refractivity contribution < 1.29 is 43.2 Å². The fraction of sp³-hybridized carbons (Fsp3) is 0.600. The smallest absolute Gasteiger partial charge is 0.305 e. The second kappa shape index (κ2) is 12.5. The first-order valence-electron chi connectivity index (χ1n) is 11.6. The zero-order valence-corrected chi connectivity index (χ0v) is 21.2. The molecule has 0 aromatic carbocycles. The van der Waals surface area contributed by atoms with Crippen LogP contribution in [0.1, 0.15) is 59.3 Å². The lowest BCUT2D eigenvalue weighted by molar-refractivity contribution is -0.162. The van der Waals surface area contributed by atoms with Crippen LogP contribution in [0.5, 0.6) is 0 Å². The van der Waals surface area contributed by atoms with Crippen LogP contribution in [0.4, 0.5) is 0 Å². The van der Waals surface area contributed by atoms with Crippen LogP contribution in [0.2, 0.25) is 0 Å². The average molecular weight is 513 g/mol. The Balaban J connectivity index is 2.34. The number of methoxy groups -OCH3 is 1. The van der Waals surface area contributed by atoms with Gasteiger partial charge in [0.05, 0.1) is 7.11 Å². The maximum absolute atomic E-state index is 13.0. The number of esters is 3. The maximum atomic E-state index is 13.0. The van der Waals surface area contributed by atoms with Crippen LogP contribution < -0.4 is 0 Å². The summed E-state index contributed by atoms with van der Waals surface area (Å²) in [7, 11) is 1.26. The average Bonchev–Trinajstić information content (AvgIpc) is 3.47. The first-order chi connectivity index (χ1) is 16.5. The summed E-state index contributed by atoms with van der Waals surface area (Å²) in [5.74, 6) is -2.41. The van der Waals surface area contributed by atoms with Crippen LogP contribution in [0, 0.1) is 0 Å². The first kappa shape index (κ1) is 28.7. The summed E-state index contributed by atoms with van der Waals surface area (Å²) in [5, 5.41) is 9.77. The standard InChI is InChI=1S/C25H33ClO9/c1-5-6-7-8-9-10-14-24(31)18(22(30)25(26)23(24)35-25)15-20(34-17(3)28)19(33-16(2)27)12-11-13-21(29)32-4/h6-7,9-10,15,19-20,23,31H,5,8,11-14H2,1-4H3/b7-6+,10-9+,18-15+/t19-,20-,23+,24-,25-/m0/s1. The van der Waals surface area contributed by atoms with E-state index in [9.17, 15) is 24.3 Å². The van der Waals surface area contributed by atoms with Crippen LogP contribution in [-0.2, 0) is 38.1 Å². The van der Waals surface area contributed by atoms with E-state index in [2.05, 4.69) is 4.74 Å². The van der Waals surface area contributed by atoms with Crippen molar-refractivity contribution in [1.82, 2.24) is 0 Å². The maximum Gasteiger partial charge on any atom is 0.305 e. The van der Waals surface area contributed by atoms with Gasteiger partial charge in [-0.2, -0.15) is 0 Å². The summed E-state index contributed by atoms with van der Waals surface area (Å²) in [5.41, 5.74) is -1.83. The second-order valence-electron chi connectivity index (χ2n) is 8.46. The molecule has 0 spiro atoms. The van der Waals surface area contributed by atoms with Gasteiger partial charge in [-0.15, -0.1) is 0 Å². The van der Waals surface area contributed by atoms with E-state index in [1.54, 1.807) is 6.08 Å². The van der Waals surface area contributed by atoms with E-state index >= 15 is 0 Å². The molecule has 1 aliphatic heterocycles. The normalized spacial score (nSPS) is 28.2. The Morgan fingerprint density at radius 1 is 1.14 bits per heavy atom. The minimum atomic E-state index is -1.75. The number of hydrogen-bond acceptors (Lipinski definition) is 9. The topological polar surface area (TPSA) is 129 Å². The number of ether oxygens (including phenoxy) is 4. The number of carbonyl (C=O) groups excluding carboxylic acids is 4. The van der Waals surface area contributed by atoms with Gasteiger partial charge < -0.3 is 24.1 Å². The highest BCUT2D eigenvalue weighted by atomic mass is 35.5. The molecule has 0 aromatic heterocycles. The second-order valence-corrected chi connectivity index (χ2v) is 9.02. The molecular formula is C25H33ClO9. The highest BCUT2D eigenvalue weighted by Gasteiger charge is 2.78. The predicted molar refractivity (Wildman–Crippen MR) is 126 cm³/mol. The minimum Gasteiger partial charge on any atom is -0.469 e. The zero-order valence-electron chi connectivity index (χ0n) is 20.5. The number of carbonyl (C=O) groups is 4. The van der Waals surface area contributed by atoms with Crippen LogP contribution >= 0.6 is 11.6 Å². The Hall–Kier alpha value is -2.49.